The van der Waals surface area contributed by atoms with Crippen LogP contribution in [0.15, 0.2) is 35.1 Å². The second kappa shape index (κ2) is 5.35. The molecule has 2 aromatic rings. The Morgan fingerprint density at radius 2 is 1.89 bits per heavy atom. The highest BCUT2D eigenvalue weighted by atomic mass is 16.5. The largest absolute Gasteiger partial charge is 0.497 e. The zero-order valence-corrected chi connectivity index (χ0v) is 10.3. The Hall–Kier alpha value is -2.30. The Morgan fingerprint density at radius 3 is 2.50 bits per heavy atom. The fourth-order valence-corrected chi connectivity index (χ4v) is 1.53. The maximum Gasteiger partial charge on any atom is 0.251 e. The van der Waals surface area contributed by atoms with Crippen molar-refractivity contribution in [3.05, 3.63) is 52.2 Å². The molecule has 0 radical (unpaired) electrons. The molecule has 2 rings (SSSR count). The molecule has 0 aliphatic rings. The van der Waals surface area contributed by atoms with Gasteiger partial charge in [0.05, 0.1) is 7.11 Å². The lowest BCUT2D eigenvalue weighted by atomic mass is 10.3. The Kier molecular flexibility index (Phi) is 3.62. The van der Waals surface area contributed by atoms with Crippen LogP contribution in [0, 0.1) is 6.92 Å². The first-order valence-corrected chi connectivity index (χ1v) is 5.51. The molecule has 0 aliphatic heterocycles. The van der Waals surface area contributed by atoms with Gasteiger partial charge in [-0.3, -0.25) is 4.79 Å². The molecular weight excluding hydrogens is 232 g/mol. The first-order valence-electron chi connectivity index (χ1n) is 5.51. The minimum Gasteiger partial charge on any atom is -0.497 e. The van der Waals surface area contributed by atoms with Crippen molar-refractivity contribution in [3.63, 3.8) is 0 Å². The van der Waals surface area contributed by atoms with Gasteiger partial charge in [0, 0.05) is 11.8 Å². The van der Waals surface area contributed by atoms with E-state index in [9.17, 15) is 4.79 Å². The minimum atomic E-state index is -0.171. The van der Waals surface area contributed by atoms with Gasteiger partial charge in [0.15, 0.2) is 0 Å². The van der Waals surface area contributed by atoms with E-state index < -0.39 is 0 Å². The van der Waals surface area contributed by atoms with Crippen LogP contribution in [-0.2, 0) is 6.61 Å². The number of hydrogen-bond donors (Lipinski definition) is 1. The molecule has 1 heterocycles. The molecular formula is C13H14N2O3. The third kappa shape index (κ3) is 3.10. The van der Waals surface area contributed by atoms with Crippen LogP contribution in [0.1, 0.15) is 11.5 Å². The van der Waals surface area contributed by atoms with Gasteiger partial charge in [0.1, 0.15) is 23.9 Å². The average molecular weight is 246 g/mol. The summed E-state index contributed by atoms with van der Waals surface area (Å²) in [5.74, 6) is 1.97. The summed E-state index contributed by atoms with van der Waals surface area (Å²) in [5, 5.41) is 0. The van der Waals surface area contributed by atoms with E-state index in [2.05, 4.69) is 9.97 Å². The van der Waals surface area contributed by atoms with Crippen molar-refractivity contribution < 1.29 is 9.47 Å². The topological polar surface area (TPSA) is 64.2 Å². The van der Waals surface area contributed by atoms with Crippen molar-refractivity contribution >= 4 is 0 Å². The number of aryl methyl sites for hydroxylation is 1. The van der Waals surface area contributed by atoms with Crippen molar-refractivity contribution in [2.45, 2.75) is 13.5 Å². The minimum absolute atomic E-state index is 0.171. The molecule has 0 fully saturated rings. The van der Waals surface area contributed by atoms with Gasteiger partial charge in [-0.25, -0.2) is 4.98 Å². The van der Waals surface area contributed by atoms with E-state index in [1.807, 2.05) is 12.1 Å². The maximum atomic E-state index is 11.2. The lowest BCUT2D eigenvalue weighted by Crippen LogP contribution is -2.13. The summed E-state index contributed by atoms with van der Waals surface area (Å²) in [7, 11) is 1.61. The summed E-state index contributed by atoms with van der Waals surface area (Å²) >= 11 is 0. The van der Waals surface area contributed by atoms with Crippen molar-refractivity contribution in [3.8, 4) is 11.5 Å². The Labute approximate surface area is 104 Å². The van der Waals surface area contributed by atoms with Gasteiger partial charge in [0.2, 0.25) is 0 Å². The standard InChI is InChI=1S/C13H14N2O3/c1-9-7-13(16)15-12(14-9)8-18-11-5-3-10(17-2)4-6-11/h3-7H,8H2,1-2H3,(H,14,15,16). The monoisotopic (exact) mass is 246 g/mol. The molecule has 0 atom stereocenters. The quantitative estimate of drug-likeness (QED) is 0.891. The van der Waals surface area contributed by atoms with E-state index in [1.54, 1.807) is 26.2 Å². The van der Waals surface area contributed by atoms with Crippen molar-refractivity contribution in [1.82, 2.24) is 9.97 Å². The van der Waals surface area contributed by atoms with Gasteiger partial charge >= 0.3 is 0 Å². The van der Waals surface area contributed by atoms with E-state index in [1.165, 1.54) is 6.07 Å². The number of ether oxygens (including phenoxy) is 2. The number of nitrogens with one attached hydrogen (secondary N) is 1. The number of H-pyrrole nitrogens is 1. The van der Waals surface area contributed by atoms with Gasteiger partial charge in [-0.15, -0.1) is 0 Å². The van der Waals surface area contributed by atoms with Gasteiger partial charge in [-0.2, -0.15) is 0 Å². The number of nitrogens with zero attached hydrogens (tertiary/aromatic N) is 1. The summed E-state index contributed by atoms with van der Waals surface area (Å²) in [6.07, 6.45) is 0. The molecule has 1 aromatic heterocycles. The van der Waals surface area contributed by atoms with Crippen LogP contribution in [0.3, 0.4) is 0 Å². The molecule has 18 heavy (non-hydrogen) atoms. The molecule has 0 spiro atoms. The second-order valence-corrected chi connectivity index (χ2v) is 3.80. The Bertz CT molecular complexity index is 576. The highest BCUT2D eigenvalue weighted by Crippen LogP contribution is 2.17. The van der Waals surface area contributed by atoms with E-state index in [0.717, 1.165) is 5.75 Å². The predicted octanol–water partition coefficient (Wildman–Crippen LogP) is 1.67. The molecule has 1 aromatic carbocycles. The van der Waals surface area contributed by atoms with Crippen molar-refractivity contribution in [2.24, 2.45) is 0 Å². The van der Waals surface area contributed by atoms with Crippen molar-refractivity contribution in [2.75, 3.05) is 7.11 Å². The third-order valence-corrected chi connectivity index (χ3v) is 2.35. The number of aromatic amines is 1. The van der Waals surface area contributed by atoms with E-state index >= 15 is 0 Å². The molecule has 5 heteroatoms. The molecule has 0 saturated carbocycles. The van der Waals surface area contributed by atoms with Crippen LogP contribution in [0.5, 0.6) is 11.5 Å². The van der Waals surface area contributed by atoms with Crippen LogP contribution < -0.4 is 15.0 Å². The van der Waals surface area contributed by atoms with E-state index in [-0.39, 0.29) is 12.2 Å². The van der Waals surface area contributed by atoms with E-state index in [0.29, 0.717) is 17.3 Å². The summed E-state index contributed by atoms with van der Waals surface area (Å²) in [6, 6.07) is 8.65. The summed E-state index contributed by atoms with van der Waals surface area (Å²) in [4.78, 5) is 18.0. The normalized spacial score (nSPS) is 10.1. The summed E-state index contributed by atoms with van der Waals surface area (Å²) < 4.78 is 10.6. The molecule has 0 saturated heterocycles. The number of methoxy groups -OCH3 is 1. The molecule has 0 amide bonds. The number of benzene rings is 1. The Morgan fingerprint density at radius 1 is 1.22 bits per heavy atom. The molecule has 5 nitrogen and oxygen atoms in total. The Balaban J connectivity index is 2.04. The second-order valence-electron chi connectivity index (χ2n) is 3.80. The zero-order valence-electron chi connectivity index (χ0n) is 10.3. The van der Waals surface area contributed by atoms with Crippen LogP contribution in [0.2, 0.25) is 0 Å². The molecule has 0 unspecified atom stereocenters. The number of aromatic nitrogens is 2. The van der Waals surface area contributed by atoms with Crippen LogP contribution >= 0.6 is 0 Å². The average Bonchev–Trinajstić information content (AvgIpc) is 2.36. The number of hydrogen-bond acceptors (Lipinski definition) is 4. The zero-order chi connectivity index (χ0) is 13.0. The first kappa shape index (κ1) is 12.2. The smallest absolute Gasteiger partial charge is 0.251 e. The third-order valence-electron chi connectivity index (χ3n) is 2.35. The predicted molar refractivity (Wildman–Crippen MR) is 66.9 cm³/mol. The van der Waals surface area contributed by atoms with Crippen molar-refractivity contribution in [1.29, 1.82) is 0 Å². The summed E-state index contributed by atoms with van der Waals surface area (Å²) in [6.45, 7) is 2.00. The van der Waals surface area contributed by atoms with Crippen LogP contribution in [-0.4, -0.2) is 17.1 Å². The van der Waals surface area contributed by atoms with Gasteiger partial charge in [-0.1, -0.05) is 0 Å². The first-order chi connectivity index (χ1) is 8.67. The highest BCUT2D eigenvalue weighted by Gasteiger charge is 2.00. The summed E-state index contributed by atoms with van der Waals surface area (Å²) in [5.41, 5.74) is 0.503. The van der Waals surface area contributed by atoms with Crippen LogP contribution in [0.4, 0.5) is 0 Å². The van der Waals surface area contributed by atoms with Gasteiger partial charge in [0.25, 0.3) is 5.56 Å². The van der Waals surface area contributed by atoms with E-state index in [4.69, 9.17) is 9.47 Å². The SMILES string of the molecule is COc1ccc(OCc2nc(C)cc(=O)[nH]2)cc1. The molecule has 94 valence electrons. The molecule has 0 bridgehead atoms. The lowest BCUT2D eigenvalue weighted by Gasteiger charge is -2.06. The fourth-order valence-electron chi connectivity index (χ4n) is 1.53. The molecule has 1 N–H and O–H groups in total. The molecule has 0 aliphatic carbocycles. The van der Waals surface area contributed by atoms with Gasteiger partial charge < -0.3 is 14.5 Å². The number of rotatable bonds is 4. The van der Waals surface area contributed by atoms with Gasteiger partial charge in [-0.05, 0) is 31.2 Å². The highest BCUT2D eigenvalue weighted by molar-refractivity contribution is 5.31. The lowest BCUT2D eigenvalue weighted by molar-refractivity contribution is 0.294. The fraction of sp³-hybridized carbons (Fsp3) is 0.231. The maximum absolute atomic E-state index is 11.2. The van der Waals surface area contributed by atoms with Crippen LogP contribution in [0.25, 0.3) is 0 Å².